The number of esters is 1. The van der Waals surface area contributed by atoms with Gasteiger partial charge < -0.3 is 19.1 Å². The van der Waals surface area contributed by atoms with Crippen molar-refractivity contribution in [3.8, 4) is 0 Å². The van der Waals surface area contributed by atoms with Gasteiger partial charge in [0, 0.05) is 34.0 Å². The highest BCUT2D eigenvalue weighted by molar-refractivity contribution is 8.24. The van der Waals surface area contributed by atoms with Crippen molar-refractivity contribution in [3.05, 3.63) is 59.2 Å². The first-order chi connectivity index (χ1) is 15.8. The zero-order valence-electron chi connectivity index (χ0n) is 18.3. The molecule has 10 heteroatoms. The predicted molar refractivity (Wildman–Crippen MR) is 126 cm³/mol. The molecule has 33 heavy (non-hydrogen) atoms. The first-order valence-corrected chi connectivity index (χ1v) is 13.3. The highest BCUT2D eigenvalue weighted by atomic mass is 32.3. The monoisotopic (exact) mass is 493 g/mol. The van der Waals surface area contributed by atoms with Crippen LogP contribution in [0.2, 0.25) is 0 Å². The fourth-order valence-corrected chi connectivity index (χ4v) is 5.89. The molecule has 0 aromatic heterocycles. The van der Waals surface area contributed by atoms with Crippen molar-refractivity contribution >= 4 is 34.2 Å². The Bertz CT molecular complexity index is 1010. The Kier molecular flexibility index (Phi) is 7.62. The minimum atomic E-state index is -2.59. The Morgan fingerprint density at radius 2 is 1.73 bits per heavy atom. The Morgan fingerprint density at radius 3 is 2.42 bits per heavy atom. The van der Waals surface area contributed by atoms with Crippen LogP contribution in [0.1, 0.15) is 39.0 Å². The lowest BCUT2D eigenvalue weighted by atomic mass is 10.1. The van der Waals surface area contributed by atoms with Gasteiger partial charge in [-0.05, 0) is 42.8 Å². The molecule has 2 aliphatic rings. The van der Waals surface area contributed by atoms with Crippen molar-refractivity contribution in [2.75, 3.05) is 44.9 Å². The average Bonchev–Trinajstić information content (AvgIpc) is 2.83. The van der Waals surface area contributed by atoms with Crippen LogP contribution < -0.4 is 0 Å². The number of carbonyl (C=O) groups is 2. The third-order valence-electron chi connectivity index (χ3n) is 5.43. The number of ether oxygens (including phenoxy) is 3. The number of hydrogen-bond acceptors (Lipinski definition) is 8. The Hall–Kier alpha value is -2.08. The summed E-state index contributed by atoms with van der Waals surface area (Å²) < 4.78 is 36.1. The smallest absolute Gasteiger partial charge is 0.337 e. The first kappa shape index (κ1) is 24.1. The van der Waals surface area contributed by atoms with Gasteiger partial charge in [-0.2, -0.15) is 10.6 Å². The quantitative estimate of drug-likeness (QED) is 0.595. The lowest BCUT2D eigenvalue weighted by Crippen LogP contribution is -2.42. The average molecular weight is 494 g/mol. The van der Waals surface area contributed by atoms with Crippen molar-refractivity contribution in [1.29, 1.82) is 0 Å². The number of carbonyl (C=O) groups excluding carboxylic acids is 2. The maximum absolute atomic E-state index is 13.3. The summed E-state index contributed by atoms with van der Waals surface area (Å²) in [5, 5.41) is 0. The minimum absolute atomic E-state index is 0.173. The fraction of sp³-hybridized carbons (Fsp3) is 0.391. The van der Waals surface area contributed by atoms with Crippen molar-refractivity contribution in [2.45, 2.75) is 22.5 Å². The summed E-state index contributed by atoms with van der Waals surface area (Å²) in [4.78, 5) is 28.4. The summed E-state index contributed by atoms with van der Waals surface area (Å²) in [6.07, 6.45) is 0.262. The van der Waals surface area contributed by atoms with E-state index in [0.29, 0.717) is 37.4 Å². The van der Waals surface area contributed by atoms with Gasteiger partial charge in [0.2, 0.25) is 0 Å². The molecule has 2 saturated heterocycles. The standard InChI is InChI=1S/C23H27NO7S2/c1-29-22(26)16-4-2-5-19(13-16)32-20-14-17(12-18(15-20)23-30-8-3-9-31-23)21(25)24-6-10-33(27,28)11-7-24/h2,4-5,12-15,23,27-28H,3,6-11H2,1H3. The van der Waals surface area contributed by atoms with Gasteiger partial charge in [-0.15, -0.1) is 0 Å². The van der Waals surface area contributed by atoms with Gasteiger partial charge in [-0.1, -0.05) is 17.8 Å². The Labute approximate surface area is 198 Å². The molecular weight excluding hydrogens is 466 g/mol. The summed E-state index contributed by atoms with van der Waals surface area (Å²) in [5.74, 6) is -0.209. The normalized spacial score (nSPS) is 19.7. The van der Waals surface area contributed by atoms with Gasteiger partial charge in [0.25, 0.3) is 5.91 Å². The maximum Gasteiger partial charge on any atom is 0.337 e. The van der Waals surface area contributed by atoms with E-state index in [1.807, 2.05) is 12.1 Å². The van der Waals surface area contributed by atoms with E-state index in [9.17, 15) is 18.7 Å². The molecule has 0 radical (unpaired) electrons. The largest absolute Gasteiger partial charge is 0.465 e. The third-order valence-corrected chi connectivity index (χ3v) is 8.06. The van der Waals surface area contributed by atoms with Crippen molar-refractivity contribution < 1.29 is 32.9 Å². The van der Waals surface area contributed by atoms with Crippen LogP contribution in [0.3, 0.4) is 0 Å². The van der Waals surface area contributed by atoms with Crippen molar-refractivity contribution in [3.63, 3.8) is 0 Å². The van der Waals surface area contributed by atoms with Crippen LogP contribution in [-0.4, -0.2) is 70.8 Å². The van der Waals surface area contributed by atoms with Crippen LogP contribution >= 0.6 is 22.4 Å². The molecule has 0 spiro atoms. The number of nitrogens with zero attached hydrogens (tertiary/aromatic N) is 1. The minimum Gasteiger partial charge on any atom is -0.465 e. The number of methoxy groups -OCH3 is 1. The van der Waals surface area contributed by atoms with Gasteiger partial charge in [0.15, 0.2) is 6.29 Å². The van der Waals surface area contributed by atoms with E-state index >= 15 is 0 Å². The van der Waals surface area contributed by atoms with Crippen LogP contribution in [-0.2, 0) is 14.2 Å². The summed E-state index contributed by atoms with van der Waals surface area (Å²) in [6, 6.07) is 12.6. The second-order valence-corrected chi connectivity index (χ2v) is 11.4. The molecule has 0 atom stereocenters. The van der Waals surface area contributed by atoms with Crippen LogP contribution in [0, 0.1) is 0 Å². The number of amides is 1. The van der Waals surface area contributed by atoms with Crippen LogP contribution in [0.15, 0.2) is 52.3 Å². The third kappa shape index (κ3) is 6.08. The molecule has 2 aromatic rings. The molecule has 2 aromatic carbocycles. The highest BCUT2D eigenvalue weighted by Gasteiger charge is 2.27. The molecule has 4 rings (SSSR count). The number of benzene rings is 2. The highest BCUT2D eigenvalue weighted by Crippen LogP contribution is 2.41. The molecule has 8 nitrogen and oxygen atoms in total. The predicted octanol–water partition coefficient (Wildman–Crippen LogP) is 4.27. The van der Waals surface area contributed by atoms with E-state index in [0.717, 1.165) is 21.8 Å². The van der Waals surface area contributed by atoms with Gasteiger partial charge in [-0.3, -0.25) is 13.9 Å². The van der Waals surface area contributed by atoms with Crippen LogP contribution in [0.25, 0.3) is 0 Å². The molecule has 178 valence electrons. The molecule has 2 aliphatic heterocycles. The van der Waals surface area contributed by atoms with E-state index < -0.39 is 22.8 Å². The van der Waals surface area contributed by atoms with E-state index in [4.69, 9.17) is 14.2 Å². The SMILES string of the molecule is COC(=O)c1cccc(Sc2cc(C(=O)N3CCS(O)(O)CC3)cc(C3OCCCO3)c2)c1. The first-order valence-electron chi connectivity index (χ1n) is 10.6. The molecule has 0 bridgehead atoms. The van der Waals surface area contributed by atoms with E-state index in [2.05, 4.69) is 0 Å². The second kappa shape index (κ2) is 10.5. The van der Waals surface area contributed by atoms with Gasteiger partial charge in [0.1, 0.15) is 0 Å². The Balaban J connectivity index is 1.62. The van der Waals surface area contributed by atoms with Crippen molar-refractivity contribution in [1.82, 2.24) is 4.90 Å². The molecule has 2 N–H and O–H groups in total. The van der Waals surface area contributed by atoms with Crippen LogP contribution in [0.5, 0.6) is 0 Å². The lowest BCUT2D eigenvalue weighted by Gasteiger charge is -2.41. The number of rotatable bonds is 5. The topological polar surface area (TPSA) is 106 Å². The second-order valence-electron chi connectivity index (χ2n) is 7.84. The van der Waals surface area contributed by atoms with Gasteiger partial charge in [0.05, 0.1) is 37.4 Å². The fourth-order valence-electron chi connectivity index (χ4n) is 3.67. The van der Waals surface area contributed by atoms with Gasteiger partial charge in [-0.25, -0.2) is 4.79 Å². The summed E-state index contributed by atoms with van der Waals surface area (Å²) in [7, 11) is -1.25. The molecule has 0 saturated carbocycles. The van der Waals surface area contributed by atoms with E-state index in [1.165, 1.54) is 18.9 Å². The molecule has 0 unspecified atom stereocenters. The zero-order valence-corrected chi connectivity index (χ0v) is 19.9. The Morgan fingerprint density at radius 1 is 1.03 bits per heavy atom. The molecular formula is C23H27NO7S2. The molecule has 2 fully saturated rings. The summed E-state index contributed by atoms with van der Waals surface area (Å²) in [5.41, 5.74) is 1.67. The maximum atomic E-state index is 13.3. The van der Waals surface area contributed by atoms with E-state index in [1.54, 1.807) is 35.2 Å². The zero-order chi connectivity index (χ0) is 23.4. The molecule has 2 heterocycles. The molecule has 0 aliphatic carbocycles. The number of hydrogen-bond donors (Lipinski definition) is 2. The summed E-state index contributed by atoms with van der Waals surface area (Å²) in [6.45, 7) is 1.75. The lowest BCUT2D eigenvalue weighted by molar-refractivity contribution is -0.183. The van der Waals surface area contributed by atoms with Crippen molar-refractivity contribution in [2.24, 2.45) is 0 Å². The molecule has 1 amide bonds. The summed E-state index contributed by atoms with van der Waals surface area (Å²) >= 11 is 1.42. The van der Waals surface area contributed by atoms with Gasteiger partial charge >= 0.3 is 5.97 Å². The van der Waals surface area contributed by atoms with Crippen LogP contribution in [0.4, 0.5) is 0 Å². The van der Waals surface area contributed by atoms with E-state index in [-0.39, 0.29) is 17.4 Å².